The zero-order valence-corrected chi connectivity index (χ0v) is 8.31. The third-order valence-corrected chi connectivity index (χ3v) is 3.30. The summed E-state index contributed by atoms with van der Waals surface area (Å²) in [7, 11) is 0. The molecule has 1 saturated heterocycles. The van der Waals surface area contributed by atoms with Gasteiger partial charge in [0.05, 0.1) is 10.7 Å². The van der Waals surface area contributed by atoms with Crippen LogP contribution in [0.5, 0.6) is 0 Å². The molecule has 0 aromatic carbocycles. The van der Waals surface area contributed by atoms with Gasteiger partial charge in [0.1, 0.15) is 0 Å². The Morgan fingerprint density at radius 1 is 1.69 bits per heavy atom. The van der Waals surface area contributed by atoms with Crippen LogP contribution in [0, 0.1) is 0 Å². The van der Waals surface area contributed by atoms with Crippen molar-refractivity contribution in [3.63, 3.8) is 0 Å². The minimum absolute atomic E-state index is 0.204. The van der Waals surface area contributed by atoms with Gasteiger partial charge in [0.15, 0.2) is 0 Å². The minimum atomic E-state index is 0.204. The highest BCUT2D eigenvalue weighted by molar-refractivity contribution is 7.09. The van der Waals surface area contributed by atoms with Crippen LogP contribution in [0.25, 0.3) is 0 Å². The van der Waals surface area contributed by atoms with E-state index in [2.05, 4.69) is 15.7 Å². The van der Waals surface area contributed by atoms with Crippen LogP contribution in [0.1, 0.15) is 23.0 Å². The van der Waals surface area contributed by atoms with E-state index in [1.807, 2.05) is 0 Å². The first-order chi connectivity index (χ1) is 6.40. The molecule has 1 unspecified atom stereocenters. The Kier molecular flexibility index (Phi) is 2.93. The summed E-state index contributed by atoms with van der Waals surface area (Å²) in [6.45, 7) is 2.37. The van der Waals surface area contributed by atoms with Crippen molar-refractivity contribution >= 4 is 11.3 Å². The van der Waals surface area contributed by atoms with Crippen molar-refractivity contribution in [3.8, 4) is 0 Å². The Balaban J connectivity index is 2.03. The number of aromatic nitrogens is 1. The molecule has 4 heteroatoms. The minimum Gasteiger partial charge on any atom is -0.396 e. The molecule has 1 atom stereocenters. The summed E-state index contributed by atoms with van der Waals surface area (Å²) in [6.07, 6.45) is 1.90. The molecule has 1 fully saturated rings. The molecule has 3 nitrogen and oxygen atoms in total. The van der Waals surface area contributed by atoms with Gasteiger partial charge in [-0.2, -0.15) is 0 Å². The van der Waals surface area contributed by atoms with Gasteiger partial charge in [-0.15, -0.1) is 11.3 Å². The standard InChI is InChI=1S/C9H14N2OS/c12-4-2-9-11-8(6-13-9)7-1-3-10-5-7/h6-7,10,12H,1-5H2. The van der Waals surface area contributed by atoms with Gasteiger partial charge in [-0.3, -0.25) is 0 Å². The number of nitrogens with zero attached hydrogens (tertiary/aromatic N) is 1. The van der Waals surface area contributed by atoms with E-state index < -0.39 is 0 Å². The zero-order chi connectivity index (χ0) is 9.10. The lowest BCUT2D eigenvalue weighted by Gasteiger charge is -2.02. The molecule has 0 radical (unpaired) electrons. The molecule has 1 aromatic heterocycles. The predicted octanol–water partition coefficient (Wildman–Crippen LogP) is 0.755. The number of hydrogen-bond acceptors (Lipinski definition) is 4. The van der Waals surface area contributed by atoms with Gasteiger partial charge >= 0.3 is 0 Å². The first-order valence-corrected chi connectivity index (χ1v) is 5.54. The van der Waals surface area contributed by atoms with Crippen LogP contribution in [0.4, 0.5) is 0 Å². The van der Waals surface area contributed by atoms with Crippen molar-refractivity contribution in [3.05, 3.63) is 16.1 Å². The molecule has 72 valence electrons. The lowest BCUT2D eigenvalue weighted by molar-refractivity contribution is 0.299. The molecular formula is C9H14N2OS. The van der Waals surface area contributed by atoms with Gasteiger partial charge in [0, 0.05) is 30.9 Å². The normalized spacial score (nSPS) is 22.4. The van der Waals surface area contributed by atoms with E-state index in [1.54, 1.807) is 11.3 Å². The van der Waals surface area contributed by atoms with E-state index in [9.17, 15) is 0 Å². The smallest absolute Gasteiger partial charge is 0.0951 e. The van der Waals surface area contributed by atoms with Gasteiger partial charge in [0.25, 0.3) is 0 Å². The third-order valence-electron chi connectivity index (χ3n) is 2.37. The van der Waals surface area contributed by atoms with E-state index >= 15 is 0 Å². The SMILES string of the molecule is OCCc1nc(C2CCNC2)cs1. The molecule has 0 amide bonds. The Morgan fingerprint density at radius 2 is 2.62 bits per heavy atom. The molecule has 13 heavy (non-hydrogen) atoms. The number of hydrogen-bond donors (Lipinski definition) is 2. The fourth-order valence-corrected chi connectivity index (χ4v) is 2.50. The quantitative estimate of drug-likeness (QED) is 0.753. The molecule has 0 spiro atoms. The van der Waals surface area contributed by atoms with Crippen LogP contribution in [0.15, 0.2) is 5.38 Å². The van der Waals surface area contributed by atoms with E-state index in [1.165, 1.54) is 12.1 Å². The summed E-state index contributed by atoms with van der Waals surface area (Å²) in [4.78, 5) is 4.50. The van der Waals surface area contributed by atoms with Crippen molar-refractivity contribution in [2.45, 2.75) is 18.8 Å². The van der Waals surface area contributed by atoms with Crippen LogP contribution >= 0.6 is 11.3 Å². The predicted molar refractivity (Wildman–Crippen MR) is 53.1 cm³/mol. The highest BCUT2D eigenvalue weighted by Crippen LogP contribution is 2.23. The lowest BCUT2D eigenvalue weighted by atomic mass is 10.1. The van der Waals surface area contributed by atoms with E-state index in [-0.39, 0.29) is 6.61 Å². The molecule has 2 heterocycles. The highest BCUT2D eigenvalue weighted by Gasteiger charge is 2.18. The van der Waals surface area contributed by atoms with Gasteiger partial charge in [-0.1, -0.05) is 0 Å². The Hall–Kier alpha value is -0.450. The Morgan fingerprint density at radius 3 is 3.31 bits per heavy atom. The molecule has 1 aliphatic rings. The monoisotopic (exact) mass is 198 g/mol. The molecular weight excluding hydrogens is 184 g/mol. The second-order valence-electron chi connectivity index (χ2n) is 3.33. The average Bonchev–Trinajstić information content (AvgIpc) is 2.70. The van der Waals surface area contributed by atoms with Crippen molar-refractivity contribution < 1.29 is 5.11 Å². The van der Waals surface area contributed by atoms with Crippen LogP contribution in [0.2, 0.25) is 0 Å². The molecule has 1 aliphatic heterocycles. The molecule has 1 aromatic rings. The van der Waals surface area contributed by atoms with Gasteiger partial charge in [0.2, 0.25) is 0 Å². The summed E-state index contributed by atoms with van der Waals surface area (Å²) in [5.41, 5.74) is 1.21. The fourth-order valence-electron chi connectivity index (χ4n) is 1.63. The summed E-state index contributed by atoms with van der Waals surface area (Å²) < 4.78 is 0. The maximum absolute atomic E-state index is 8.75. The molecule has 2 N–H and O–H groups in total. The van der Waals surface area contributed by atoms with Crippen LogP contribution in [-0.4, -0.2) is 29.8 Å². The lowest BCUT2D eigenvalue weighted by Crippen LogP contribution is -2.08. The molecule has 0 bridgehead atoms. The van der Waals surface area contributed by atoms with E-state index in [4.69, 9.17) is 5.11 Å². The van der Waals surface area contributed by atoms with Crippen LogP contribution in [-0.2, 0) is 6.42 Å². The van der Waals surface area contributed by atoms with Gasteiger partial charge in [-0.05, 0) is 13.0 Å². The summed E-state index contributed by atoms with van der Waals surface area (Å²) >= 11 is 1.66. The van der Waals surface area contributed by atoms with Crippen molar-refractivity contribution in [1.82, 2.24) is 10.3 Å². The summed E-state index contributed by atoms with van der Waals surface area (Å²) in [5.74, 6) is 0.601. The maximum atomic E-state index is 8.75. The van der Waals surface area contributed by atoms with Crippen molar-refractivity contribution in [2.24, 2.45) is 0 Å². The van der Waals surface area contributed by atoms with Crippen LogP contribution in [0.3, 0.4) is 0 Å². The number of aliphatic hydroxyl groups is 1. The maximum Gasteiger partial charge on any atom is 0.0951 e. The van der Waals surface area contributed by atoms with Gasteiger partial charge in [-0.25, -0.2) is 4.98 Å². The molecule has 0 saturated carbocycles. The Bertz CT molecular complexity index is 268. The average molecular weight is 198 g/mol. The second kappa shape index (κ2) is 4.17. The fraction of sp³-hybridized carbons (Fsp3) is 0.667. The van der Waals surface area contributed by atoms with E-state index in [0.717, 1.165) is 18.1 Å². The highest BCUT2D eigenvalue weighted by atomic mass is 32.1. The Labute approximate surface area is 81.8 Å². The number of rotatable bonds is 3. The largest absolute Gasteiger partial charge is 0.396 e. The first-order valence-electron chi connectivity index (χ1n) is 4.66. The number of nitrogens with one attached hydrogen (secondary N) is 1. The van der Waals surface area contributed by atoms with Crippen molar-refractivity contribution in [1.29, 1.82) is 0 Å². The number of aliphatic hydroxyl groups excluding tert-OH is 1. The first kappa shape index (κ1) is 9.12. The summed E-state index contributed by atoms with van der Waals surface area (Å²) in [5, 5.41) is 15.3. The number of thiazole rings is 1. The topological polar surface area (TPSA) is 45.2 Å². The second-order valence-corrected chi connectivity index (χ2v) is 4.27. The molecule has 2 rings (SSSR count). The van der Waals surface area contributed by atoms with Gasteiger partial charge < -0.3 is 10.4 Å². The van der Waals surface area contributed by atoms with Crippen molar-refractivity contribution in [2.75, 3.05) is 19.7 Å². The summed E-state index contributed by atoms with van der Waals surface area (Å²) in [6, 6.07) is 0. The van der Waals surface area contributed by atoms with Crippen LogP contribution < -0.4 is 5.32 Å². The van der Waals surface area contributed by atoms with E-state index in [0.29, 0.717) is 12.3 Å². The zero-order valence-electron chi connectivity index (χ0n) is 7.49. The third kappa shape index (κ3) is 2.07. The molecule has 0 aliphatic carbocycles.